The van der Waals surface area contributed by atoms with Gasteiger partial charge in [-0.05, 0) is 18.2 Å². The number of morpholine rings is 1. The summed E-state index contributed by atoms with van der Waals surface area (Å²) in [6.07, 6.45) is 0. The molecule has 2 nitrogen and oxygen atoms in total. The van der Waals surface area contributed by atoms with Crippen LogP contribution in [-0.2, 0) is 4.74 Å². The lowest BCUT2D eigenvalue weighted by molar-refractivity contribution is 0.0757. The maximum absolute atomic E-state index is 13.4. The van der Waals surface area contributed by atoms with Gasteiger partial charge in [-0.3, -0.25) is 0 Å². The van der Waals surface area contributed by atoms with Gasteiger partial charge in [0.2, 0.25) is 0 Å². The number of hydrogen-bond donors (Lipinski definition) is 1. The van der Waals surface area contributed by atoms with Crippen molar-refractivity contribution in [1.82, 2.24) is 5.32 Å². The molecule has 0 amide bonds. The number of rotatable bonds is 1. The van der Waals surface area contributed by atoms with Crippen LogP contribution in [0.2, 0.25) is 0 Å². The second kappa shape index (κ2) is 5.80. The molecular formula is C10H12BrClFNO. The van der Waals surface area contributed by atoms with Gasteiger partial charge in [0.1, 0.15) is 5.82 Å². The predicted molar refractivity (Wildman–Crippen MR) is 62.9 cm³/mol. The molecule has 1 aliphatic heterocycles. The molecule has 1 aromatic carbocycles. The van der Waals surface area contributed by atoms with Crippen LogP contribution in [0.5, 0.6) is 0 Å². The quantitative estimate of drug-likeness (QED) is 0.860. The molecule has 1 heterocycles. The van der Waals surface area contributed by atoms with Crippen LogP contribution in [0.25, 0.3) is 0 Å². The van der Waals surface area contributed by atoms with Gasteiger partial charge in [-0.25, -0.2) is 4.39 Å². The standard InChI is InChI=1S/C10H11BrFNO.ClH/c11-7-1-2-9(12)8(5-7)10-6-14-4-3-13-10;/h1-2,5,10,13H,3-4,6H2;1H/t10-;/m0./s1. The average molecular weight is 297 g/mol. The highest BCUT2D eigenvalue weighted by molar-refractivity contribution is 9.10. The van der Waals surface area contributed by atoms with Crippen molar-refractivity contribution in [3.05, 3.63) is 34.1 Å². The van der Waals surface area contributed by atoms with Gasteiger partial charge in [0.25, 0.3) is 0 Å². The van der Waals surface area contributed by atoms with Gasteiger partial charge in [-0.15, -0.1) is 12.4 Å². The number of ether oxygens (including phenoxy) is 1. The van der Waals surface area contributed by atoms with E-state index in [1.165, 1.54) is 6.07 Å². The first kappa shape index (κ1) is 12.9. The van der Waals surface area contributed by atoms with Crippen molar-refractivity contribution in [3.8, 4) is 0 Å². The molecule has 0 unspecified atom stereocenters. The van der Waals surface area contributed by atoms with Crippen molar-refractivity contribution in [1.29, 1.82) is 0 Å². The van der Waals surface area contributed by atoms with Gasteiger partial charge in [-0.1, -0.05) is 15.9 Å². The summed E-state index contributed by atoms with van der Waals surface area (Å²) in [5.74, 6) is -0.184. The van der Waals surface area contributed by atoms with Crippen molar-refractivity contribution < 1.29 is 9.13 Å². The molecular weight excluding hydrogens is 284 g/mol. The molecule has 5 heteroatoms. The Morgan fingerprint density at radius 2 is 2.27 bits per heavy atom. The smallest absolute Gasteiger partial charge is 0.128 e. The molecule has 15 heavy (non-hydrogen) atoms. The first-order valence-electron chi connectivity index (χ1n) is 4.53. The first-order valence-corrected chi connectivity index (χ1v) is 5.33. The van der Waals surface area contributed by atoms with Crippen molar-refractivity contribution in [2.45, 2.75) is 6.04 Å². The number of hydrogen-bond acceptors (Lipinski definition) is 2. The van der Waals surface area contributed by atoms with Crippen molar-refractivity contribution >= 4 is 28.3 Å². The molecule has 0 saturated carbocycles. The van der Waals surface area contributed by atoms with Crippen LogP contribution in [0.15, 0.2) is 22.7 Å². The Bertz CT molecular complexity index is 331. The minimum absolute atomic E-state index is 0. The van der Waals surface area contributed by atoms with E-state index >= 15 is 0 Å². The molecule has 0 spiro atoms. The zero-order valence-corrected chi connectivity index (χ0v) is 10.4. The molecule has 84 valence electrons. The van der Waals surface area contributed by atoms with Gasteiger partial charge in [0.15, 0.2) is 0 Å². The highest BCUT2D eigenvalue weighted by atomic mass is 79.9. The summed E-state index contributed by atoms with van der Waals surface area (Å²) in [4.78, 5) is 0. The van der Waals surface area contributed by atoms with Crippen molar-refractivity contribution in [2.24, 2.45) is 0 Å². The molecule has 0 radical (unpaired) electrons. The normalized spacial score (nSPS) is 20.8. The predicted octanol–water partition coefficient (Wildman–Crippen LogP) is 2.67. The fourth-order valence-electron chi connectivity index (χ4n) is 1.55. The van der Waals surface area contributed by atoms with E-state index in [2.05, 4.69) is 21.2 Å². The van der Waals surface area contributed by atoms with Crippen LogP contribution in [0, 0.1) is 5.82 Å². The molecule has 1 saturated heterocycles. The summed E-state index contributed by atoms with van der Waals surface area (Å²) < 4.78 is 19.6. The fourth-order valence-corrected chi connectivity index (χ4v) is 1.93. The Balaban J connectivity index is 0.00000112. The highest BCUT2D eigenvalue weighted by Gasteiger charge is 2.18. The summed E-state index contributed by atoms with van der Waals surface area (Å²) in [6.45, 7) is 2.01. The Morgan fingerprint density at radius 1 is 1.47 bits per heavy atom. The number of benzene rings is 1. The van der Waals surface area contributed by atoms with E-state index in [1.54, 1.807) is 12.1 Å². The van der Waals surface area contributed by atoms with E-state index in [1.807, 2.05) is 0 Å². The lowest BCUT2D eigenvalue weighted by atomic mass is 10.1. The molecule has 2 rings (SSSR count). The first-order chi connectivity index (χ1) is 6.77. The van der Waals surface area contributed by atoms with Crippen molar-refractivity contribution in [2.75, 3.05) is 19.8 Å². The number of halogens is 3. The molecule has 1 aliphatic rings. The van der Waals surface area contributed by atoms with Gasteiger partial charge in [0.05, 0.1) is 19.3 Å². The van der Waals surface area contributed by atoms with E-state index in [9.17, 15) is 4.39 Å². The highest BCUT2D eigenvalue weighted by Crippen LogP contribution is 2.23. The molecule has 1 N–H and O–H groups in total. The molecule has 1 aromatic rings. The zero-order chi connectivity index (χ0) is 9.97. The number of nitrogens with one attached hydrogen (secondary N) is 1. The second-order valence-electron chi connectivity index (χ2n) is 3.25. The maximum atomic E-state index is 13.4. The van der Waals surface area contributed by atoms with Gasteiger partial charge >= 0.3 is 0 Å². The van der Waals surface area contributed by atoms with Crippen LogP contribution >= 0.6 is 28.3 Å². The Hall–Kier alpha value is -0.160. The summed E-state index contributed by atoms with van der Waals surface area (Å²) in [5.41, 5.74) is 0.666. The van der Waals surface area contributed by atoms with Crippen LogP contribution in [-0.4, -0.2) is 19.8 Å². The van der Waals surface area contributed by atoms with E-state index in [0.717, 1.165) is 11.0 Å². The third-order valence-corrected chi connectivity index (χ3v) is 2.75. The van der Waals surface area contributed by atoms with Gasteiger partial charge in [0, 0.05) is 16.6 Å². The Morgan fingerprint density at radius 3 is 2.93 bits per heavy atom. The van der Waals surface area contributed by atoms with E-state index in [-0.39, 0.29) is 24.3 Å². The van der Waals surface area contributed by atoms with E-state index in [4.69, 9.17) is 4.74 Å². The zero-order valence-electron chi connectivity index (χ0n) is 8.00. The lowest BCUT2D eigenvalue weighted by Crippen LogP contribution is -2.35. The minimum Gasteiger partial charge on any atom is -0.378 e. The van der Waals surface area contributed by atoms with Crippen LogP contribution in [0.3, 0.4) is 0 Å². The Kier molecular flexibility index (Phi) is 4.99. The SMILES string of the molecule is Cl.Fc1ccc(Br)cc1[C@@H]1COCCN1. The van der Waals surface area contributed by atoms with Crippen LogP contribution in [0.1, 0.15) is 11.6 Å². The van der Waals surface area contributed by atoms with E-state index < -0.39 is 0 Å². The minimum atomic E-state index is -0.184. The summed E-state index contributed by atoms with van der Waals surface area (Å²) in [5, 5.41) is 3.22. The fraction of sp³-hybridized carbons (Fsp3) is 0.400. The van der Waals surface area contributed by atoms with Crippen molar-refractivity contribution in [3.63, 3.8) is 0 Å². The molecule has 0 aromatic heterocycles. The maximum Gasteiger partial charge on any atom is 0.128 e. The Labute approximate surface area is 103 Å². The summed E-state index contributed by atoms with van der Waals surface area (Å²) in [7, 11) is 0. The molecule has 0 aliphatic carbocycles. The molecule has 1 atom stereocenters. The summed E-state index contributed by atoms with van der Waals surface area (Å²) >= 11 is 3.33. The largest absolute Gasteiger partial charge is 0.378 e. The van der Waals surface area contributed by atoms with E-state index in [0.29, 0.717) is 18.8 Å². The monoisotopic (exact) mass is 295 g/mol. The second-order valence-corrected chi connectivity index (χ2v) is 4.16. The third-order valence-electron chi connectivity index (χ3n) is 2.26. The van der Waals surface area contributed by atoms with Crippen LogP contribution < -0.4 is 5.32 Å². The molecule has 1 fully saturated rings. The van der Waals surface area contributed by atoms with Gasteiger partial charge < -0.3 is 10.1 Å². The third kappa shape index (κ3) is 3.14. The summed E-state index contributed by atoms with van der Waals surface area (Å²) in [6, 6.07) is 4.93. The lowest BCUT2D eigenvalue weighted by Gasteiger charge is -2.24. The topological polar surface area (TPSA) is 21.3 Å². The average Bonchev–Trinajstić information content (AvgIpc) is 2.23. The van der Waals surface area contributed by atoms with Gasteiger partial charge in [-0.2, -0.15) is 0 Å². The molecule has 0 bridgehead atoms. The van der Waals surface area contributed by atoms with Crippen LogP contribution in [0.4, 0.5) is 4.39 Å².